The molecule has 1 aromatic heterocycles. The van der Waals surface area contributed by atoms with Crippen LogP contribution in [-0.2, 0) is 6.54 Å². The summed E-state index contributed by atoms with van der Waals surface area (Å²) in [6.45, 7) is 6.52. The van der Waals surface area contributed by atoms with Gasteiger partial charge in [0.1, 0.15) is 0 Å². The van der Waals surface area contributed by atoms with E-state index in [-0.39, 0.29) is 0 Å². The molecule has 2 rings (SSSR count). The fourth-order valence-electron chi connectivity index (χ4n) is 2.47. The largest absolute Gasteiger partial charge is 0.347 e. The van der Waals surface area contributed by atoms with Crippen molar-refractivity contribution in [1.82, 2.24) is 9.47 Å². The number of hydrogen-bond donors (Lipinski definition) is 1. The Morgan fingerprint density at radius 1 is 1.40 bits per heavy atom. The molecule has 0 saturated carbocycles. The maximum absolute atomic E-state index is 5.72. The van der Waals surface area contributed by atoms with Gasteiger partial charge in [-0.05, 0) is 31.5 Å². The minimum absolute atomic E-state index is 0.654. The van der Waals surface area contributed by atoms with Crippen LogP contribution in [-0.4, -0.2) is 29.1 Å². The zero-order chi connectivity index (χ0) is 10.7. The van der Waals surface area contributed by atoms with Gasteiger partial charge in [0, 0.05) is 37.6 Å². The molecule has 15 heavy (non-hydrogen) atoms. The fraction of sp³-hybridized carbons (Fsp3) is 0.667. The summed E-state index contributed by atoms with van der Waals surface area (Å²) in [5.74, 6) is 0. The van der Waals surface area contributed by atoms with Gasteiger partial charge in [-0.25, -0.2) is 0 Å². The molecule has 0 atom stereocenters. The second-order valence-corrected chi connectivity index (χ2v) is 4.28. The molecule has 0 amide bonds. The van der Waals surface area contributed by atoms with E-state index in [4.69, 9.17) is 5.73 Å². The highest BCUT2D eigenvalue weighted by atomic mass is 15.1. The van der Waals surface area contributed by atoms with Gasteiger partial charge in [-0.1, -0.05) is 6.92 Å². The van der Waals surface area contributed by atoms with Crippen LogP contribution in [0.1, 0.15) is 31.5 Å². The number of likely N-dealkylation sites (tertiary alicyclic amines) is 1. The Balaban J connectivity index is 2.01. The summed E-state index contributed by atoms with van der Waals surface area (Å²) < 4.78 is 2.37. The zero-order valence-electron chi connectivity index (χ0n) is 9.52. The van der Waals surface area contributed by atoms with Gasteiger partial charge in [-0.2, -0.15) is 0 Å². The highest BCUT2D eigenvalue weighted by molar-refractivity contribution is 5.08. The van der Waals surface area contributed by atoms with E-state index in [9.17, 15) is 0 Å². The zero-order valence-corrected chi connectivity index (χ0v) is 9.52. The lowest BCUT2D eigenvalue weighted by Crippen LogP contribution is -2.34. The smallest absolute Gasteiger partial charge is 0.0358 e. The maximum Gasteiger partial charge on any atom is 0.0358 e. The Morgan fingerprint density at radius 3 is 2.73 bits per heavy atom. The molecule has 0 unspecified atom stereocenters. The molecule has 1 aromatic rings. The topological polar surface area (TPSA) is 34.2 Å². The lowest BCUT2D eigenvalue weighted by molar-refractivity contribution is 0.193. The van der Waals surface area contributed by atoms with E-state index >= 15 is 0 Å². The summed E-state index contributed by atoms with van der Waals surface area (Å²) in [6, 6.07) is 4.90. The Kier molecular flexibility index (Phi) is 3.44. The van der Waals surface area contributed by atoms with Crippen molar-refractivity contribution in [3.8, 4) is 0 Å². The van der Waals surface area contributed by atoms with E-state index in [1.165, 1.54) is 38.2 Å². The van der Waals surface area contributed by atoms with Crippen LogP contribution in [0.25, 0.3) is 0 Å². The van der Waals surface area contributed by atoms with Crippen LogP contribution in [0.3, 0.4) is 0 Å². The maximum atomic E-state index is 5.72. The Morgan fingerprint density at radius 2 is 2.13 bits per heavy atom. The third kappa shape index (κ3) is 2.24. The van der Waals surface area contributed by atoms with Crippen molar-refractivity contribution in [1.29, 1.82) is 0 Å². The van der Waals surface area contributed by atoms with Crippen LogP contribution in [0, 0.1) is 0 Å². The number of nitrogens with zero attached hydrogens (tertiary/aromatic N) is 2. The van der Waals surface area contributed by atoms with E-state index in [0.717, 1.165) is 0 Å². The highest BCUT2D eigenvalue weighted by Gasteiger charge is 2.19. The predicted octanol–water partition coefficient (Wildman–Crippen LogP) is 1.60. The SMILES string of the molecule is CCN1CCC(n2cccc2CN)CC1. The Hall–Kier alpha value is -0.800. The molecule has 1 fully saturated rings. The van der Waals surface area contributed by atoms with Crippen molar-refractivity contribution in [2.75, 3.05) is 19.6 Å². The molecule has 0 radical (unpaired) electrons. The number of aromatic nitrogens is 1. The first-order valence-corrected chi connectivity index (χ1v) is 5.93. The molecule has 3 heteroatoms. The van der Waals surface area contributed by atoms with Gasteiger partial charge in [0.25, 0.3) is 0 Å². The van der Waals surface area contributed by atoms with Gasteiger partial charge in [-0.3, -0.25) is 0 Å². The molecule has 1 aliphatic rings. The fourth-order valence-corrected chi connectivity index (χ4v) is 2.47. The summed E-state index contributed by atoms with van der Waals surface area (Å²) in [6.07, 6.45) is 4.69. The summed E-state index contributed by atoms with van der Waals surface area (Å²) >= 11 is 0. The van der Waals surface area contributed by atoms with E-state index < -0.39 is 0 Å². The van der Waals surface area contributed by atoms with Gasteiger partial charge in [0.05, 0.1) is 0 Å². The van der Waals surface area contributed by atoms with E-state index in [1.54, 1.807) is 0 Å². The number of rotatable bonds is 3. The molecule has 0 spiro atoms. The molecule has 2 N–H and O–H groups in total. The minimum Gasteiger partial charge on any atom is -0.347 e. The second-order valence-electron chi connectivity index (χ2n) is 4.28. The summed E-state index contributed by atoms with van der Waals surface area (Å²) in [5.41, 5.74) is 6.99. The standard InChI is InChI=1S/C12H21N3/c1-2-14-8-5-11(6-9-14)15-7-3-4-12(15)10-13/h3-4,7,11H,2,5-6,8-10,13H2,1H3. The Bertz CT molecular complexity index is 298. The minimum atomic E-state index is 0.654. The van der Waals surface area contributed by atoms with Crippen molar-refractivity contribution in [2.45, 2.75) is 32.4 Å². The van der Waals surface area contributed by atoms with E-state index in [1.807, 2.05) is 0 Å². The van der Waals surface area contributed by atoms with Gasteiger partial charge < -0.3 is 15.2 Å². The molecule has 0 bridgehead atoms. The van der Waals surface area contributed by atoms with Crippen molar-refractivity contribution in [3.63, 3.8) is 0 Å². The molecular formula is C12H21N3. The first-order valence-electron chi connectivity index (χ1n) is 5.93. The van der Waals surface area contributed by atoms with Crippen molar-refractivity contribution in [2.24, 2.45) is 5.73 Å². The molecule has 3 nitrogen and oxygen atoms in total. The first kappa shape index (κ1) is 10.7. The van der Waals surface area contributed by atoms with Gasteiger partial charge >= 0.3 is 0 Å². The third-order valence-electron chi connectivity index (χ3n) is 3.47. The Labute approximate surface area is 91.9 Å². The van der Waals surface area contributed by atoms with E-state index in [0.29, 0.717) is 12.6 Å². The van der Waals surface area contributed by atoms with Crippen LogP contribution < -0.4 is 5.73 Å². The number of nitrogens with two attached hydrogens (primary N) is 1. The first-order chi connectivity index (χ1) is 7.35. The average molecular weight is 207 g/mol. The van der Waals surface area contributed by atoms with Gasteiger partial charge in [0.15, 0.2) is 0 Å². The number of hydrogen-bond acceptors (Lipinski definition) is 2. The van der Waals surface area contributed by atoms with Crippen LogP contribution in [0.2, 0.25) is 0 Å². The van der Waals surface area contributed by atoms with Crippen LogP contribution >= 0.6 is 0 Å². The van der Waals surface area contributed by atoms with Crippen molar-refractivity contribution < 1.29 is 0 Å². The molecule has 2 heterocycles. The molecule has 0 aliphatic carbocycles. The van der Waals surface area contributed by atoms with Crippen LogP contribution in [0.15, 0.2) is 18.3 Å². The van der Waals surface area contributed by atoms with Crippen LogP contribution in [0.4, 0.5) is 0 Å². The summed E-state index contributed by atoms with van der Waals surface area (Å²) in [5, 5.41) is 0. The van der Waals surface area contributed by atoms with Gasteiger partial charge in [-0.15, -0.1) is 0 Å². The van der Waals surface area contributed by atoms with E-state index in [2.05, 4.69) is 34.7 Å². The predicted molar refractivity (Wildman–Crippen MR) is 62.7 cm³/mol. The monoisotopic (exact) mass is 207 g/mol. The molecule has 84 valence electrons. The second kappa shape index (κ2) is 4.81. The van der Waals surface area contributed by atoms with Crippen LogP contribution in [0.5, 0.6) is 0 Å². The lowest BCUT2D eigenvalue weighted by Gasteiger charge is -2.32. The summed E-state index contributed by atoms with van der Waals surface area (Å²) in [4.78, 5) is 2.52. The summed E-state index contributed by atoms with van der Waals surface area (Å²) in [7, 11) is 0. The van der Waals surface area contributed by atoms with Crippen molar-refractivity contribution in [3.05, 3.63) is 24.0 Å². The average Bonchev–Trinajstić information content (AvgIpc) is 2.77. The highest BCUT2D eigenvalue weighted by Crippen LogP contribution is 2.24. The molecular weight excluding hydrogens is 186 g/mol. The third-order valence-corrected chi connectivity index (χ3v) is 3.47. The normalized spacial score (nSPS) is 19.6. The van der Waals surface area contributed by atoms with Crippen molar-refractivity contribution >= 4 is 0 Å². The molecule has 1 saturated heterocycles. The molecule has 1 aliphatic heterocycles. The quantitative estimate of drug-likeness (QED) is 0.817. The number of piperidine rings is 1. The lowest BCUT2D eigenvalue weighted by atomic mass is 10.0. The van der Waals surface area contributed by atoms with Gasteiger partial charge in [0.2, 0.25) is 0 Å². The molecule has 0 aromatic carbocycles.